The quantitative estimate of drug-likeness (QED) is 0.366. The van der Waals surface area contributed by atoms with Gasteiger partial charge in [-0.2, -0.15) is 13.2 Å². The number of nitrogens with two attached hydrogens (primary N) is 1. The van der Waals surface area contributed by atoms with Crippen molar-refractivity contribution in [3.05, 3.63) is 52.8 Å². The highest BCUT2D eigenvalue weighted by Crippen LogP contribution is 2.35. The summed E-state index contributed by atoms with van der Waals surface area (Å²) in [7, 11) is 0. The second-order valence-corrected chi connectivity index (χ2v) is 7.52. The number of carbonyl (C=O) groups is 1. The van der Waals surface area contributed by atoms with E-state index in [1.54, 1.807) is 17.0 Å². The Labute approximate surface area is 173 Å². The molecule has 30 heavy (non-hydrogen) atoms. The van der Waals surface area contributed by atoms with Crippen LogP contribution in [0.4, 0.5) is 34.6 Å². The molecule has 0 saturated heterocycles. The minimum atomic E-state index is -4.39. The Bertz CT molecular complexity index is 927. The lowest BCUT2D eigenvalue weighted by molar-refractivity contribution is -0.137. The average molecular weight is 423 g/mol. The van der Waals surface area contributed by atoms with Crippen molar-refractivity contribution < 1.29 is 22.4 Å². The molecule has 0 spiro atoms. The highest BCUT2D eigenvalue weighted by molar-refractivity contribution is 5.94. The van der Waals surface area contributed by atoms with E-state index in [0.29, 0.717) is 24.9 Å². The van der Waals surface area contributed by atoms with Gasteiger partial charge in [0.2, 0.25) is 5.91 Å². The Balaban J connectivity index is 1.74. The van der Waals surface area contributed by atoms with Crippen molar-refractivity contribution in [2.45, 2.75) is 51.7 Å². The normalized spacial score (nSPS) is 13.8. The van der Waals surface area contributed by atoms with Crippen LogP contribution in [0, 0.1) is 5.82 Å². The van der Waals surface area contributed by atoms with Crippen LogP contribution in [0.15, 0.2) is 30.3 Å². The zero-order valence-electron chi connectivity index (χ0n) is 16.8. The summed E-state index contributed by atoms with van der Waals surface area (Å²) in [6.45, 7) is 2.69. The van der Waals surface area contributed by atoms with Gasteiger partial charge in [0, 0.05) is 19.5 Å². The number of nitrogens with one attached hydrogen (secondary N) is 1. The fourth-order valence-electron chi connectivity index (χ4n) is 3.62. The Kier molecular flexibility index (Phi) is 6.53. The molecule has 3 N–H and O–H groups in total. The SMILES string of the molecule is CCCCCC(=O)Nc1ccc(N2CCc3cc(C(F)(F)F)ccc3C2)c(F)c1N. The number of amides is 1. The van der Waals surface area contributed by atoms with Crippen molar-refractivity contribution >= 4 is 23.0 Å². The van der Waals surface area contributed by atoms with E-state index in [2.05, 4.69) is 5.32 Å². The number of hydrogen-bond acceptors (Lipinski definition) is 3. The topological polar surface area (TPSA) is 58.4 Å². The molecular formula is C22H25F4N3O. The van der Waals surface area contributed by atoms with Crippen LogP contribution in [-0.2, 0) is 23.9 Å². The molecule has 1 aliphatic heterocycles. The predicted molar refractivity (Wildman–Crippen MR) is 110 cm³/mol. The number of alkyl halides is 3. The fourth-order valence-corrected chi connectivity index (χ4v) is 3.62. The van der Waals surface area contributed by atoms with Crippen molar-refractivity contribution in [1.82, 2.24) is 0 Å². The van der Waals surface area contributed by atoms with Crippen LogP contribution in [0.25, 0.3) is 0 Å². The van der Waals surface area contributed by atoms with Gasteiger partial charge < -0.3 is 16.0 Å². The lowest BCUT2D eigenvalue weighted by atomic mass is 9.96. The molecule has 8 heteroatoms. The summed E-state index contributed by atoms with van der Waals surface area (Å²) < 4.78 is 53.7. The van der Waals surface area contributed by atoms with Crippen LogP contribution in [-0.4, -0.2) is 12.5 Å². The minimum absolute atomic E-state index is 0.144. The molecule has 0 atom stereocenters. The number of rotatable bonds is 6. The first-order chi connectivity index (χ1) is 14.2. The summed E-state index contributed by atoms with van der Waals surface area (Å²) >= 11 is 0. The van der Waals surface area contributed by atoms with Crippen LogP contribution in [0.3, 0.4) is 0 Å². The lowest BCUT2D eigenvalue weighted by Crippen LogP contribution is -2.31. The Morgan fingerprint density at radius 2 is 1.93 bits per heavy atom. The molecule has 0 bridgehead atoms. The van der Waals surface area contributed by atoms with Crippen molar-refractivity contribution in [2.75, 3.05) is 22.5 Å². The molecule has 0 radical (unpaired) electrons. The highest BCUT2D eigenvalue weighted by atomic mass is 19.4. The molecule has 0 unspecified atom stereocenters. The molecule has 3 rings (SSSR count). The standard InChI is InChI=1S/C22H25F4N3O/c1-2-3-4-5-19(30)28-17-8-9-18(20(23)21(17)27)29-11-10-14-12-16(22(24,25)26)7-6-15(14)13-29/h6-9,12H,2-5,10-11,13,27H2,1H3,(H,28,30). The molecule has 0 aliphatic carbocycles. The Hall–Kier alpha value is -2.77. The largest absolute Gasteiger partial charge is 0.416 e. The molecular weight excluding hydrogens is 398 g/mol. The molecule has 0 fully saturated rings. The van der Waals surface area contributed by atoms with E-state index in [1.165, 1.54) is 6.07 Å². The van der Waals surface area contributed by atoms with Crippen molar-refractivity contribution in [3.8, 4) is 0 Å². The zero-order chi connectivity index (χ0) is 21.9. The van der Waals surface area contributed by atoms with Crippen LogP contribution in [0.2, 0.25) is 0 Å². The van der Waals surface area contributed by atoms with Crippen LogP contribution < -0.4 is 16.0 Å². The van der Waals surface area contributed by atoms with Gasteiger partial charge in [-0.1, -0.05) is 25.8 Å². The van der Waals surface area contributed by atoms with Crippen molar-refractivity contribution in [1.29, 1.82) is 0 Å². The first-order valence-electron chi connectivity index (χ1n) is 10.0. The average Bonchev–Trinajstić information content (AvgIpc) is 2.70. The van der Waals surface area contributed by atoms with E-state index in [9.17, 15) is 22.4 Å². The van der Waals surface area contributed by atoms with E-state index < -0.39 is 17.6 Å². The number of benzene rings is 2. The molecule has 1 amide bonds. The number of carbonyl (C=O) groups excluding carboxylic acids is 1. The first-order valence-corrected chi connectivity index (χ1v) is 10.0. The number of nitrogens with zero attached hydrogens (tertiary/aromatic N) is 1. The van der Waals surface area contributed by atoms with Gasteiger partial charge in [0.25, 0.3) is 0 Å². The maximum absolute atomic E-state index is 14.9. The molecule has 1 heterocycles. The maximum atomic E-state index is 14.9. The van der Waals surface area contributed by atoms with E-state index >= 15 is 0 Å². The molecule has 162 valence electrons. The molecule has 0 saturated carbocycles. The van der Waals surface area contributed by atoms with Gasteiger partial charge in [-0.25, -0.2) is 4.39 Å². The monoisotopic (exact) mass is 423 g/mol. The van der Waals surface area contributed by atoms with Gasteiger partial charge in [-0.05, 0) is 48.2 Å². The summed E-state index contributed by atoms with van der Waals surface area (Å²) in [5.74, 6) is -0.855. The van der Waals surface area contributed by atoms with Gasteiger partial charge in [-0.3, -0.25) is 4.79 Å². The fraction of sp³-hybridized carbons (Fsp3) is 0.409. The first kappa shape index (κ1) is 21.9. The number of hydrogen-bond donors (Lipinski definition) is 2. The second-order valence-electron chi connectivity index (χ2n) is 7.52. The molecule has 2 aromatic rings. The zero-order valence-corrected chi connectivity index (χ0v) is 16.8. The lowest BCUT2D eigenvalue weighted by Gasteiger charge is -2.32. The third-order valence-electron chi connectivity index (χ3n) is 5.33. The number of nitrogen functional groups attached to an aromatic ring is 1. The van der Waals surface area contributed by atoms with E-state index in [4.69, 9.17) is 5.73 Å². The smallest absolute Gasteiger partial charge is 0.395 e. The van der Waals surface area contributed by atoms with Gasteiger partial charge in [0.15, 0.2) is 5.82 Å². The van der Waals surface area contributed by atoms with E-state index in [0.717, 1.165) is 37.0 Å². The van der Waals surface area contributed by atoms with Gasteiger partial charge >= 0.3 is 6.18 Å². The Morgan fingerprint density at radius 1 is 1.17 bits per heavy atom. The van der Waals surface area contributed by atoms with E-state index in [1.807, 2.05) is 6.92 Å². The molecule has 1 aliphatic rings. The van der Waals surface area contributed by atoms with Gasteiger partial charge in [0.05, 0.1) is 22.6 Å². The van der Waals surface area contributed by atoms with Gasteiger partial charge in [-0.15, -0.1) is 0 Å². The third kappa shape index (κ3) is 4.86. The van der Waals surface area contributed by atoms with Crippen LogP contribution >= 0.6 is 0 Å². The third-order valence-corrected chi connectivity index (χ3v) is 5.33. The maximum Gasteiger partial charge on any atom is 0.416 e. The predicted octanol–water partition coefficient (Wildman–Crippen LogP) is 5.51. The molecule has 4 nitrogen and oxygen atoms in total. The summed E-state index contributed by atoms with van der Waals surface area (Å²) in [5.41, 5.74) is 6.92. The van der Waals surface area contributed by atoms with Crippen molar-refractivity contribution in [2.24, 2.45) is 0 Å². The minimum Gasteiger partial charge on any atom is -0.395 e. The number of halogens is 4. The molecule has 0 aromatic heterocycles. The van der Waals surface area contributed by atoms with Crippen LogP contribution in [0.5, 0.6) is 0 Å². The summed E-state index contributed by atoms with van der Waals surface area (Å²) in [5, 5.41) is 2.65. The summed E-state index contributed by atoms with van der Waals surface area (Å²) in [6, 6.07) is 6.76. The summed E-state index contributed by atoms with van der Waals surface area (Å²) in [6.07, 6.45) is -0.976. The van der Waals surface area contributed by atoms with E-state index in [-0.39, 0.29) is 29.5 Å². The highest BCUT2D eigenvalue weighted by Gasteiger charge is 2.32. The van der Waals surface area contributed by atoms with Crippen LogP contribution in [0.1, 0.15) is 49.3 Å². The molecule has 2 aromatic carbocycles. The number of fused-ring (bicyclic) bond motifs is 1. The summed E-state index contributed by atoms with van der Waals surface area (Å²) in [4.78, 5) is 13.7. The number of anilines is 3. The Morgan fingerprint density at radius 3 is 2.63 bits per heavy atom. The second kappa shape index (κ2) is 8.93. The van der Waals surface area contributed by atoms with Gasteiger partial charge in [0.1, 0.15) is 0 Å². The number of unbranched alkanes of at least 4 members (excludes halogenated alkanes) is 2. The van der Waals surface area contributed by atoms with Crippen molar-refractivity contribution in [3.63, 3.8) is 0 Å².